The normalized spacial score (nSPS) is 22.8. The highest BCUT2D eigenvalue weighted by Gasteiger charge is 2.49. The van der Waals surface area contributed by atoms with Gasteiger partial charge < -0.3 is 26.0 Å². The number of ether oxygens (including phenoxy) is 1. The number of hydrogen-bond donors (Lipinski definition) is 4. The zero-order chi connectivity index (χ0) is 23.0. The third-order valence-electron chi connectivity index (χ3n) is 5.07. The molecule has 0 bridgehead atoms. The minimum absolute atomic E-state index is 0.0279. The number of urea groups is 1. The number of nitrogens with one attached hydrogen (secondary N) is 1. The lowest BCUT2D eigenvalue weighted by Crippen LogP contribution is -2.49. The van der Waals surface area contributed by atoms with E-state index >= 15 is 0 Å². The number of fused-ring (bicyclic) bond motifs is 1. The average molecular weight is 553 g/mol. The smallest absolute Gasteiger partial charge is 0.328 e. The number of amides is 3. The minimum Gasteiger partial charge on any atom is -0.387 e. The minimum atomic E-state index is -1.58. The monoisotopic (exact) mass is 553 g/mol. The fraction of sp³-hybridized carbons (Fsp3) is 0.316. The van der Waals surface area contributed by atoms with Crippen LogP contribution < -0.4 is 11.1 Å². The Morgan fingerprint density at radius 2 is 1.94 bits per heavy atom. The number of nitrogens with zero attached hydrogens (tertiary/aromatic N) is 5. The molecular weight excluding hydrogens is 533 g/mol. The summed E-state index contributed by atoms with van der Waals surface area (Å²) < 4.78 is 8.04. The summed E-state index contributed by atoms with van der Waals surface area (Å²) in [5.41, 5.74) is 6.85. The second kappa shape index (κ2) is 8.93. The average Bonchev–Trinajstić information content (AvgIpc) is 3.32. The molecule has 4 rings (SSSR count). The summed E-state index contributed by atoms with van der Waals surface area (Å²) >= 11 is 2.14. The second-order valence-electron chi connectivity index (χ2n) is 7.03. The van der Waals surface area contributed by atoms with Crippen LogP contribution in [0.15, 0.2) is 36.9 Å². The lowest BCUT2D eigenvalue weighted by atomic mass is 10.1. The summed E-state index contributed by atoms with van der Waals surface area (Å²) in [5, 5.41) is 23.7. The van der Waals surface area contributed by atoms with Gasteiger partial charge in [-0.05, 0) is 53.8 Å². The van der Waals surface area contributed by atoms with Gasteiger partial charge in [-0.1, -0.05) is 0 Å². The van der Waals surface area contributed by atoms with E-state index in [2.05, 4.69) is 42.9 Å². The van der Waals surface area contributed by atoms with Gasteiger partial charge in [-0.3, -0.25) is 14.3 Å². The number of aliphatic hydroxyl groups excluding tert-OH is 2. The molecule has 2 aromatic heterocycles. The summed E-state index contributed by atoms with van der Waals surface area (Å²) in [6.07, 6.45) is -3.15. The molecule has 0 aliphatic carbocycles. The molecule has 1 fully saturated rings. The molecule has 3 heterocycles. The van der Waals surface area contributed by atoms with Crippen LogP contribution in [0.1, 0.15) is 13.2 Å². The number of halogens is 1. The van der Waals surface area contributed by atoms with E-state index in [0.29, 0.717) is 11.2 Å². The van der Waals surface area contributed by atoms with Crippen molar-refractivity contribution >= 4 is 57.2 Å². The lowest BCUT2D eigenvalue weighted by molar-refractivity contribution is -0.145. The Bertz CT molecular complexity index is 1150. The molecule has 1 saturated heterocycles. The summed E-state index contributed by atoms with van der Waals surface area (Å²) in [6.45, 7) is 1.64. The first-order chi connectivity index (χ1) is 15.3. The Hall–Kier alpha value is -2.88. The maximum Gasteiger partial charge on any atom is 0.328 e. The predicted octanol–water partition coefficient (Wildman–Crippen LogP) is 0.713. The quantitative estimate of drug-likeness (QED) is 0.340. The molecular formula is C19H20IN7O5. The molecule has 13 heteroatoms. The van der Waals surface area contributed by atoms with Gasteiger partial charge >= 0.3 is 6.03 Å². The van der Waals surface area contributed by atoms with Crippen molar-refractivity contribution in [2.24, 2.45) is 0 Å². The Morgan fingerprint density at radius 3 is 2.62 bits per heavy atom. The van der Waals surface area contributed by atoms with Crippen molar-refractivity contribution in [3.05, 3.63) is 40.5 Å². The van der Waals surface area contributed by atoms with Gasteiger partial charge in [0.25, 0.3) is 5.91 Å². The Balaban J connectivity index is 1.54. The number of imide groups is 1. The number of imidazole rings is 1. The highest BCUT2D eigenvalue weighted by molar-refractivity contribution is 14.1. The van der Waals surface area contributed by atoms with Crippen LogP contribution in [0.2, 0.25) is 0 Å². The molecule has 5 N–H and O–H groups in total. The summed E-state index contributed by atoms with van der Waals surface area (Å²) in [6, 6.07) is 6.35. The fourth-order valence-electron chi connectivity index (χ4n) is 3.43. The largest absolute Gasteiger partial charge is 0.387 e. The molecule has 1 aliphatic heterocycles. The first-order valence-electron chi connectivity index (χ1n) is 9.64. The van der Waals surface area contributed by atoms with Gasteiger partial charge in [0.05, 0.1) is 6.33 Å². The number of benzene rings is 1. The fourth-order valence-corrected chi connectivity index (χ4v) is 3.79. The third-order valence-corrected chi connectivity index (χ3v) is 5.78. The highest BCUT2D eigenvalue weighted by atomic mass is 127. The van der Waals surface area contributed by atoms with Gasteiger partial charge in [-0.15, -0.1) is 0 Å². The predicted molar refractivity (Wildman–Crippen MR) is 121 cm³/mol. The van der Waals surface area contributed by atoms with Gasteiger partial charge in [0, 0.05) is 15.8 Å². The van der Waals surface area contributed by atoms with Crippen molar-refractivity contribution in [2.45, 2.75) is 31.5 Å². The van der Waals surface area contributed by atoms with Crippen LogP contribution in [0.3, 0.4) is 0 Å². The van der Waals surface area contributed by atoms with Crippen molar-refractivity contribution in [1.82, 2.24) is 24.4 Å². The topological polar surface area (TPSA) is 169 Å². The van der Waals surface area contributed by atoms with Crippen LogP contribution >= 0.6 is 22.6 Å². The van der Waals surface area contributed by atoms with Crippen LogP contribution in [0, 0.1) is 3.57 Å². The molecule has 0 radical (unpaired) electrons. The number of carbonyl (C=O) groups is 2. The number of nitrogens with two attached hydrogens (primary N) is 1. The van der Waals surface area contributed by atoms with Crippen molar-refractivity contribution in [3.63, 3.8) is 0 Å². The molecule has 0 spiro atoms. The summed E-state index contributed by atoms with van der Waals surface area (Å²) in [5.74, 6) is -0.651. The van der Waals surface area contributed by atoms with E-state index in [9.17, 15) is 19.8 Å². The Kier molecular flexibility index (Phi) is 6.23. The number of hydrogen-bond acceptors (Lipinski definition) is 9. The zero-order valence-corrected chi connectivity index (χ0v) is 18.9. The molecule has 1 aromatic carbocycles. The number of aliphatic hydroxyl groups is 2. The number of rotatable bonds is 4. The van der Waals surface area contributed by atoms with Gasteiger partial charge in [-0.2, -0.15) is 0 Å². The standard InChI is InChI=1S/C19H20IN7O5/c1-2-26(19(31)25-10-5-3-9(20)4-6-10)17(30)14-12(28)13(29)18(32-14)27-8-24-11-15(21)22-7-23-16(11)27/h3-8,12-14,18,28-29H,2H2,1H3,(H,25,31)(H2,21,22,23)/t12-,13+,14-,18+/m0/s1. The zero-order valence-electron chi connectivity index (χ0n) is 16.8. The van der Waals surface area contributed by atoms with Crippen LogP contribution in [0.25, 0.3) is 11.2 Å². The highest BCUT2D eigenvalue weighted by Crippen LogP contribution is 2.33. The molecule has 12 nitrogen and oxygen atoms in total. The first-order valence-corrected chi connectivity index (χ1v) is 10.7. The molecule has 0 unspecified atom stereocenters. The van der Waals surface area contributed by atoms with E-state index in [0.717, 1.165) is 8.47 Å². The Labute approximate surface area is 195 Å². The van der Waals surface area contributed by atoms with Gasteiger partial charge in [0.2, 0.25) is 0 Å². The van der Waals surface area contributed by atoms with Gasteiger partial charge in [0.15, 0.2) is 23.8 Å². The SMILES string of the molecule is CCN(C(=O)Nc1ccc(I)cc1)C(=O)[C@H]1O[C@@H](n2cnc3c(N)ncnc32)[C@H](O)[C@@H]1O. The van der Waals surface area contributed by atoms with Gasteiger partial charge in [0.1, 0.15) is 24.1 Å². The number of anilines is 2. The van der Waals surface area contributed by atoms with E-state index in [4.69, 9.17) is 10.5 Å². The summed E-state index contributed by atoms with van der Waals surface area (Å²) in [4.78, 5) is 38.7. The lowest BCUT2D eigenvalue weighted by Gasteiger charge is -2.24. The maximum absolute atomic E-state index is 13.0. The molecule has 1 aliphatic rings. The van der Waals surface area contributed by atoms with Crippen LogP contribution in [-0.2, 0) is 9.53 Å². The second-order valence-corrected chi connectivity index (χ2v) is 8.28. The molecule has 32 heavy (non-hydrogen) atoms. The first kappa shape index (κ1) is 22.3. The maximum atomic E-state index is 13.0. The van der Waals surface area contributed by atoms with E-state index in [1.165, 1.54) is 17.2 Å². The van der Waals surface area contributed by atoms with E-state index < -0.39 is 36.5 Å². The summed E-state index contributed by atoms with van der Waals surface area (Å²) in [7, 11) is 0. The third kappa shape index (κ3) is 3.99. The van der Waals surface area contributed by atoms with Crippen LogP contribution in [0.5, 0.6) is 0 Å². The number of aromatic nitrogens is 4. The molecule has 3 aromatic rings. The molecule has 4 atom stereocenters. The number of likely N-dealkylation sites (N-methyl/N-ethyl adjacent to an activating group) is 1. The van der Waals surface area contributed by atoms with E-state index in [1.54, 1.807) is 19.1 Å². The van der Waals surface area contributed by atoms with Crippen molar-refractivity contribution in [3.8, 4) is 0 Å². The van der Waals surface area contributed by atoms with Crippen molar-refractivity contribution in [2.75, 3.05) is 17.6 Å². The van der Waals surface area contributed by atoms with Crippen molar-refractivity contribution in [1.29, 1.82) is 0 Å². The molecule has 0 saturated carbocycles. The Morgan fingerprint density at radius 1 is 1.22 bits per heavy atom. The van der Waals surface area contributed by atoms with Crippen LogP contribution in [0.4, 0.5) is 16.3 Å². The number of nitrogen functional groups attached to an aromatic ring is 1. The van der Waals surface area contributed by atoms with E-state index in [-0.39, 0.29) is 18.0 Å². The van der Waals surface area contributed by atoms with Gasteiger partial charge in [-0.25, -0.2) is 19.7 Å². The van der Waals surface area contributed by atoms with Crippen LogP contribution in [-0.4, -0.2) is 71.4 Å². The van der Waals surface area contributed by atoms with E-state index in [1.807, 2.05) is 12.1 Å². The van der Waals surface area contributed by atoms with Crippen molar-refractivity contribution < 1.29 is 24.5 Å². The number of carbonyl (C=O) groups excluding carboxylic acids is 2. The molecule has 168 valence electrons. The molecule has 3 amide bonds.